The second-order valence-corrected chi connectivity index (χ2v) is 7.67. The molecule has 1 aromatic carbocycles. The maximum atomic E-state index is 10.2. The first-order valence-corrected chi connectivity index (χ1v) is 9.67. The predicted molar refractivity (Wildman–Crippen MR) is 93.1 cm³/mol. The maximum Gasteiger partial charge on any atom is 0.191 e. The molecule has 1 heterocycles. The molecule has 4 rings (SSSR count). The zero-order valence-corrected chi connectivity index (χ0v) is 14.5. The first kappa shape index (κ1) is 16.1. The predicted octanol–water partition coefficient (Wildman–Crippen LogP) is 3.16. The molecule has 0 bridgehead atoms. The summed E-state index contributed by atoms with van der Waals surface area (Å²) in [5.74, 6) is 2.37. The van der Waals surface area contributed by atoms with Gasteiger partial charge in [0.2, 0.25) is 0 Å². The molecule has 0 radical (unpaired) electrons. The van der Waals surface area contributed by atoms with Crippen LogP contribution in [0.5, 0.6) is 0 Å². The van der Waals surface area contributed by atoms with E-state index in [1.54, 1.807) is 11.8 Å². The van der Waals surface area contributed by atoms with Crippen LogP contribution >= 0.6 is 11.8 Å². The van der Waals surface area contributed by atoms with Crippen molar-refractivity contribution < 1.29 is 9.84 Å². The largest absolute Gasteiger partial charge is 0.390 e. The summed E-state index contributed by atoms with van der Waals surface area (Å²) in [7, 11) is 0. The van der Waals surface area contributed by atoms with Crippen LogP contribution in [0.25, 0.3) is 0 Å². The average Bonchev–Trinajstić information content (AvgIpc) is 3.53. The van der Waals surface area contributed by atoms with Crippen LogP contribution in [0.2, 0.25) is 0 Å². The SMILES string of the molecule is OC(COCc1ccccc1)CSc1nnc(C2CC2)n1C1CC1. The first-order chi connectivity index (χ1) is 11.8. The average molecular weight is 345 g/mol. The van der Waals surface area contributed by atoms with E-state index >= 15 is 0 Å². The summed E-state index contributed by atoms with van der Waals surface area (Å²) in [6.07, 6.45) is 4.45. The number of aliphatic hydroxyl groups is 1. The standard InChI is InChI=1S/C18H23N3O2S/c22-16(11-23-10-13-4-2-1-3-5-13)12-24-18-20-19-17(14-6-7-14)21(18)15-8-9-15/h1-5,14-16,22H,6-12H2. The minimum Gasteiger partial charge on any atom is -0.390 e. The number of hydrogen-bond donors (Lipinski definition) is 1. The number of aromatic nitrogens is 3. The summed E-state index contributed by atoms with van der Waals surface area (Å²) in [4.78, 5) is 0. The van der Waals surface area contributed by atoms with E-state index in [1.807, 2.05) is 30.3 Å². The molecule has 1 unspecified atom stereocenters. The van der Waals surface area contributed by atoms with Gasteiger partial charge in [-0.05, 0) is 31.2 Å². The van der Waals surface area contributed by atoms with Crippen LogP contribution in [-0.2, 0) is 11.3 Å². The number of rotatable bonds is 9. The molecule has 2 aromatic rings. The van der Waals surface area contributed by atoms with Crippen molar-refractivity contribution in [3.05, 3.63) is 41.7 Å². The van der Waals surface area contributed by atoms with E-state index in [4.69, 9.17) is 4.74 Å². The number of aliphatic hydroxyl groups excluding tert-OH is 1. The molecular formula is C18H23N3O2S. The molecule has 0 spiro atoms. The Labute approximate surface area is 146 Å². The maximum absolute atomic E-state index is 10.2. The highest BCUT2D eigenvalue weighted by molar-refractivity contribution is 7.99. The van der Waals surface area contributed by atoms with Crippen LogP contribution in [0, 0.1) is 0 Å². The summed E-state index contributed by atoms with van der Waals surface area (Å²) in [5, 5.41) is 19.9. The fourth-order valence-corrected chi connectivity index (χ4v) is 3.71. The van der Waals surface area contributed by atoms with Gasteiger partial charge in [-0.3, -0.25) is 0 Å². The van der Waals surface area contributed by atoms with Crippen molar-refractivity contribution in [2.45, 2.75) is 55.5 Å². The Bertz CT molecular complexity index is 668. The van der Waals surface area contributed by atoms with Gasteiger partial charge in [0.25, 0.3) is 0 Å². The second-order valence-electron chi connectivity index (χ2n) is 6.68. The zero-order chi connectivity index (χ0) is 16.4. The van der Waals surface area contributed by atoms with Crippen molar-refractivity contribution in [2.24, 2.45) is 0 Å². The van der Waals surface area contributed by atoms with Gasteiger partial charge in [0.15, 0.2) is 5.16 Å². The van der Waals surface area contributed by atoms with E-state index in [0.717, 1.165) is 16.5 Å². The third-order valence-electron chi connectivity index (χ3n) is 4.37. The van der Waals surface area contributed by atoms with E-state index < -0.39 is 6.10 Å². The molecule has 1 atom stereocenters. The summed E-state index contributed by atoms with van der Waals surface area (Å²) in [6.45, 7) is 0.877. The van der Waals surface area contributed by atoms with Gasteiger partial charge in [0.05, 0.1) is 19.3 Å². The van der Waals surface area contributed by atoms with Crippen LogP contribution in [0.3, 0.4) is 0 Å². The molecule has 1 N–H and O–H groups in total. The smallest absolute Gasteiger partial charge is 0.191 e. The molecule has 6 heteroatoms. The number of hydrogen-bond acceptors (Lipinski definition) is 5. The summed E-state index contributed by atoms with van der Waals surface area (Å²) in [5.41, 5.74) is 1.12. The van der Waals surface area contributed by atoms with Crippen molar-refractivity contribution in [1.29, 1.82) is 0 Å². The summed E-state index contributed by atoms with van der Waals surface area (Å²) < 4.78 is 7.93. The Morgan fingerprint density at radius 3 is 2.67 bits per heavy atom. The van der Waals surface area contributed by atoms with Gasteiger partial charge in [0.1, 0.15) is 5.82 Å². The van der Waals surface area contributed by atoms with E-state index in [-0.39, 0.29) is 0 Å². The second kappa shape index (κ2) is 7.25. The highest BCUT2D eigenvalue weighted by Gasteiger charge is 2.36. The fourth-order valence-electron chi connectivity index (χ4n) is 2.79. The van der Waals surface area contributed by atoms with Gasteiger partial charge < -0.3 is 14.4 Å². The number of benzene rings is 1. The van der Waals surface area contributed by atoms with E-state index in [9.17, 15) is 5.11 Å². The summed E-state index contributed by atoms with van der Waals surface area (Å²) in [6, 6.07) is 10.6. The highest BCUT2D eigenvalue weighted by atomic mass is 32.2. The van der Waals surface area contributed by atoms with Gasteiger partial charge in [-0.25, -0.2) is 0 Å². The molecule has 128 valence electrons. The van der Waals surface area contributed by atoms with Crippen LogP contribution < -0.4 is 0 Å². The molecule has 2 fully saturated rings. The van der Waals surface area contributed by atoms with Gasteiger partial charge in [0, 0.05) is 17.7 Å². The lowest BCUT2D eigenvalue weighted by atomic mass is 10.2. The third kappa shape index (κ3) is 3.99. The monoisotopic (exact) mass is 345 g/mol. The first-order valence-electron chi connectivity index (χ1n) is 8.68. The molecule has 2 aliphatic rings. The molecule has 0 amide bonds. The Morgan fingerprint density at radius 1 is 1.17 bits per heavy atom. The lowest BCUT2D eigenvalue weighted by Crippen LogP contribution is -2.18. The van der Waals surface area contributed by atoms with Crippen molar-refractivity contribution in [3.63, 3.8) is 0 Å². The molecule has 24 heavy (non-hydrogen) atoms. The molecular weight excluding hydrogens is 322 g/mol. The molecule has 0 aliphatic heterocycles. The summed E-state index contributed by atoms with van der Waals surface area (Å²) >= 11 is 1.60. The number of nitrogens with zero attached hydrogens (tertiary/aromatic N) is 3. The number of ether oxygens (including phenoxy) is 1. The van der Waals surface area contributed by atoms with E-state index in [1.165, 1.54) is 25.7 Å². The van der Waals surface area contributed by atoms with Crippen molar-refractivity contribution in [3.8, 4) is 0 Å². The van der Waals surface area contributed by atoms with E-state index in [2.05, 4.69) is 14.8 Å². The topological polar surface area (TPSA) is 60.2 Å². The van der Waals surface area contributed by atoms with Crippen LogP contribution in [0.1, 0.15) is 49.0 Å². The van der Waals surface area contributed by atoms with Gasteiger partial charge in [-0.15, -0.1) is 10.2 Å². The van der Waals surface area contributed by atoms with Crippen LogP contribution in [-0.4, -0.2) is 38.3 Å². The Kier molecular flexibility index (Phi) is 4.87. The van der Waals surface area contributed by atoms with Crippen molar-refractivity contribution in [2.75, 3.05) is 12.4 Å². The molecule has 2 saturated carbocycles. The van der Waals surface area contributed by atoms with Crippen LogP contribution in [0.4, 0.5) is 0 Å². The highest BCUT2D eigenvalue weighted by Crippen LogP contribution is 2.46. The fraction of sp³-hybridized carbons (Fsp3) is 0.556. The Morgan fingerprint density at radius 2 is 1.96 bits per heavy atom. The minimum absolute atomic E-state index is 0.342. The third-order valence-corrected chi connectivity index (χ3v) is 5.46. The van der Waals surface area contributed by atoms with Crippen LogP contribution in [0.15, 0.2) is 35.5 Å². The Hall–Kier alpha value is -1.37. The molecule has 2 aliphatic carbocycles. The minimum atomic E-state index is -0.493. The number of thioether (sulfide) groups is 1. The van der Waals surface area contributed by atoms with Crippen molar-refractivity contribution >= 4 is 11.8 Å². The van der Waals surface area contributed by atoms with Gasteiger partial charge in [-0.2, -0.15) is 0 Å². The molecule has 5 nitrogen and oxygen atoms in total. The normalized spacial score (nSPS) is 18.7. The quantitative estimate of drug-likeness (QED) is 0.708. The zero-order valence-electron chi connectivity index (χ0n) is 13.7. The lowest BCUT2D eigenvalue weighted by Gasteiger charge is -2.12. The lowest BCUT2D eigenvalue weighted by molar-refractivity contribution is 0.0397. The molecule has 0 saturated heterocycles. The van der Waals surface area contributed by atoms with Gasteiger partial charge >= 0.3 is 0 Å². The van der Waals surface area contributed by atoms with Crippen molar-refractivity contribution in [1.82, 2.24) is 14.8 Å². The molecule has 1 aromatic heterocycles. The Balaban J connectivity index is 1.26. The van der Waals surface area contributed by atoms with E-state index in [0.29, 0.717) is 30.9 Å². The van der Waals surface area contributed by atoms with Gasteiger partial charge in [-0.1, -0.05) is 42.1 Å².